The van der Waals surface area contributed by atoms with Crippen LogP contribution in [0, 0.1) is 6.92 Å². The van der Waals surface area contributed by atoms with Crippen molar-refractivity contribution in [1.82, 2.24) is 15.5 Å². The Bertz CT molecular complexity index is 875. The first-order chi connectivity index (χ1) is 14.6. The van der Waals surface area contributed by atoms with Gasteiger partial charge in [-0.1, -0.05) is 16.8 Å². The minimum absolute atomic E-state index is 0.119. The normalized spacial score (nSPS) is 19.4. The third kappa shape index (κ3) is 4.77. The number of aromatic nitrogens is 2. The Morgan fingerprint density at radius 1 is 1.23 bits per heavy atom. The molecule has 0 atom stereocenters. The SMILES string of the molecule is Cc1cc(Cl)ccc1OCC(=O)NC1(c2nc(C3CCOCC3)no2)CCOCC1. The lowest BCUT2D eigenvalue weighted by molar-refractivity contribution is -0.127. The molecule has 0 spiro atoms. The van der Waals surface area contributed by atoms with Gasteiger partial charge in [0.15, 0.2) is 12.4 Å². The molecule has 30 heavy (non-hydrogen) atoms. The number of rotatable bonds is 6. The highest BCUT2D eigenvalue weighted by atomic mass is 35.5. The van der Waals surface area contributed by atoms with Crippen LogP contribution in [0.1, 0.15) is 48.9 Å². The molecule has 0 bridgehead atoms. The molecule has 3 heterocycles. The number of carbonyl (C=O) groups is 1. The molecule has 2 fully saturated rings. The van der Waals surface area contributed by atoms with E-state index in [1.807, 2.05) is 6.92 Å². The molecule has 0 aliphatic carbocycles. The monoisotopic (exact) mass is 435 g/mol. The van der Waals surface area contributed by atoms with Crippen molar-refractivity contribution in [3.63, 3.8) is 0 Å². The van der Waals surface area contributed by atoms with Crippen LogP contribution in [0.25, 0.3) is 0 Å². The third-order valence-corrected chi connectivity index (χ3v) is 5.89. The van der Waals surface area contributed by atoms with E-state index in [9.17, 15) is 4.79 Å². The summed E-state index contributed by atoms with van der Waals surface area (Å²) in [6.07, 6.45) is 2.87. The predicted octanol–water partition coefficient (Wildman–Crippen LogP) is 3.13. The predicted molar refractivity (Wildman–Crippen MR) is 109 cm³/mol. The number of benzene rings is 1. The highest BCUT2D eigenvalue weighted by Gasteiger charge is 2.42. The average Bonchev–Trinajstić information content (AvgIpc) is 3.26. The van der Waals surface area contributed by atoms with E-state index in [1.54, 1.807) is 18.2 Å². The number of nitrogens with zero attached hydrogens (tertiary/aromatic N) is 2. The van der Waals surface area contributed by atoms with Gasteiger partial charge < -0.3 is 24.1 Å². The van der Waals surface area contributed by atoms with Crippen molar-refractivity contribution < 1.29 is 23.5 Å². The second kappa shape index (κ2) is 9.32. The van der Waals surface area contributed by atoms with Crippen LogP contribution in [-0.4, -0.2) is 49.1 Å². The molecule has 9 heteroatoms. The number of ether oxygens (including phenoxy) is 3. The molecule has 1 amide bonds. The minimum Gasteiger partial charge on any atom is -0.484 e. The second-order valence-corrected chi connectivity index (χ2v) is 8.22. The van der Waals surface area contributed by atoms with Crippen molar-refractivity contribution in [3.05, 3.63) is 40.5 Å². The largest absolute Gasteiger partial charge is 0.484 e. The van der Waals surface area contributed by atoms with Gasteiger partial charge in [-0.25, -0.2) is 0 Å². The molecule has 2 aliphatic rings. The number of hydrogen-bond donors (Lipinski definition) is 1. The standard InChI is InChI=1S/C21H26ClN3O5/c1-14-12-16(22)2-3-17(14)29-13-18(26)24-21(6-10-28-11-7-21)20-23-19(25-30-20)15-4-8-27-9-5-15/h2-3,12,15H,4-11,13H2,1H3,(H,24,26). The Hall–Kier alpha value is -2.16. The quantitative estimate of drug-likeness (QED) is 0.744. The van der Waals surface area contributed by atoms with E-state index in [1.165, 1.54) is 0 Å². The Balaban J connectivity index is 1.45. The van der Waals surface area contributed by atoms with Crippen LogP contribution in [0.2, 0.25) is 5.02 Å². The van der Waals surface area contributed by atoms with Gasteiger partial charge in [0.05, 0.1) is 0 Å². The van der Waals surface area contributed by atoms with E-state index in [0.29, 0.717) is 61.8 Å². The van der Waals surface area contributed by atoms with Crippen LogP contribution in [0.4, 0.5) is 0 Å². The lowest BCUT2D eigenvalue weighted by atomic mass is 9.89. The summed E-state index contributed by atoms with van der Waals surface area (Å²) in [7, 11) is 0. The van der Waals surface area contributed by atoms with Gasteiger partial charge >= 0.3 is 0 Å². The molecule has 2 aliphatic heterocycles. The first-order valence-corrected chi connectivity index (χ1v) is 10.6. The molecule has 0 radical (unpaired) electrons. The van der Waals surface area contributed by atoms with Crippen LogP contribution in [-0.2, 0) is 19.8 Å². The van der Waals surface area contributed by atoms with Crippen molar-refractivity contribution in [2.45, 2.75) is 44.1 Å². The van der Waals surface area contributed by atoms with E-state index in [-0.39, 0.29) is 18.4 Å². The topological polar surface area (TPSA) is 95.7 Å². The maximum atomic E-state index is 12.7. The van der Waals surface area contributed by atoms with Crippen LogP contribution in [0.15, 0.2) is 22.7 Å². The lowest BCUT2D eigenvalue weighted by Crippen LogP contribution is -2.51. The summed E-state index contributed by atoms with van der Waals surface area (Å²) < 4.78 is 22.2. The van der Waals surface area contributed by atoms with Gasteiger partial charge in [0.1, 0.15) is 11.3 Å². The number of carbonyl (C=O) groups excluding carboxylic acids is 1. The van der Waals surface area contributed by atoms with Gasteiger partial charge in [-0.05, 0) is 43.5 Å². The molecule has 0 saturated carbocycles. The summed E-state index contributed by atoms with van der Waals surface area (Å²) in [6.45, 7) is 4.18. The second-order valence-electron chi connectivity index (χ2n) is 7.79. The fourth-order valence-electron chi connectivity index (χ4n) is 3.88. The maximum Gasteiger partial charge on any atom is 0.258 e. The lowest BCUT2D eigenvalue weighted by Gasteiger charge is -2.34. The van der Waals surface area contributed by atoms with Crippen LogP contribution < -0.4 is 10.1 Å². The maximum absolute atomic E-state index is 12.7. The zero-order chi connectivity index (χ0) is 21.0. The zero-order valence-corrected chi connectivity index (χ0v) is 17.7. The van der Waals surface area contributed by atoms with Gasteiger partial charge in [0.25, 0.3) is 11.8 Å². The molecule has 2 aromatic rings. The number of amides is 1. The van der Waals surface area contributed by atoms with Gasteiger partial charge in [-0.2, -0.15) is 4.98 Å². The highest BCUT2D eigenvalue weighted by Crippen LogP contribution is 2.33. The molecular weight excluding hydrogens is 410 g/mol. The molecule has 162 valence electrons. The smallest absolute Gasteiger partial charge is 0.258 e. The Morgan fingerprint density at radius 2 is 1.97 bits per heavy atom. The molecule has 1 aromatic heterocycles. The summed E-state index contributed by atoms with van der Waals surface area (Å²) in [5, 5.41) is 7.91. The summed E-state index contributed by atoms with van der Waals surface area (Å²) >= 11 is 5.98. The van der Waals surface area contributed by atoms with Crippen molar-refractivity contribution in [2.24, 2.45) is 0 Å². The Labute approximate surface area is 180 Å². The van der Waals surface area contributed by atoms with Gasteiger partial charge in [-0.3, -0.25) is 4.79 Å². The van der Waals surface area contributed by atoms with Crippen molar-refractivity contribution in [3.8, 4) is 5.75 Å². The number of hydrogen-bond acceptors (Lipinski definition) is 7. The van der Waals surface area contributed by atoms with Crippen molar-refractivity contribution >= 4 is 17.5 Å². The fourth-order valence-corrected chi connectivity index (χ4v) is 4.11. The van der Waals surface area contributed by atoms with Gasteiger partial charge in [0, 0.05) is 50.2 Å². The van der Waals surface area contributed by atoms with E-state index < -0.39 is 5.54 Å². The van der Waals surface area contributed by atoms with Crippen molar-refractivity contribution in [1.29, 1.82) is 0 Å². The van der Waals surface area contributed by atoms with E-state index in [0.717, 1.165) is 18.4 Å². The van der Waals surface area contributed by atoms with Crippen LogP contribution >= 0.6 is 11.6 Å². The summed E-state index contributed by atoms with van der Waals surface area (Å²) in [6, 6.07) is 5.29. The molecule has 0 unspecified atom stereocenters. The Morgan fingerprint density at radius 3 is 2.70 bits per heavy atom. The average molecular weight is 436 g/mol. The van der Waals surface area contributed by atoms with E-state index in [2.05, 4.69) is 15.5 Å². The highest BCUT2D eigenvalue weighted by molar-refractivity contribution is 6.30. The number of aryl methyl sites for hydroxylation is 1. The molecular formula is C21H26ClN3O5. The van der Waals surface area contributed by atoms with Gasteiger partial charge in [-0.15, -0.1) is 0 Å². The summed E-state index contributed by atoms with van der Waals surface area (Å²) in [5.41, 5.74) is 0.124. The van der Waals surface area contributed by atoms with Gasteiger partial charge in [0.2, 0.25) is 0 Å². The fraction of sp³-hybridized carbons (Fsp3) is 0.571. The zero-order valence-electron chi connectivity index (χ0n) is 17.0. The molecule has 1 N–H and O–H groups in total. The molecule has 8 nitrogen and oxygen atoms in total. The third-order valence-electron chi connectivity index (χ3n) is 5.66. The summed E-state index contributed by atoms with van der Waals surface area (Å²) in [5.74, 6) is 1.71. The molecule has 4 rings (SSSR count). The molecule has 1 aromatic carbocycles. The first kappa shape index (κ1) is 21.1. The first-order valence-electron chi connectivity index (χ1n) is 10.3. The number of halogens is 1. The molecule has 2 saturated heterocycles. The minimum atomic E-state index is -0.746. The number of nitrogens with one attached hydrogen (secondary N) is 1. The Kier molecular flexibility index (Phi) is 6.55. The van der Waals surface area contributed by atoms with E-state index in [4.69, 9.17) is 30.3 Å². The van der Waals surface area contributed by atoms with E-state index >= 15 is 0 Å². The van der Waals surface area contributed by atoms with Crippen LogP contribution in [0.3, 0.4) is 0 Å². The summed E-state index contributed by atoms with van der Waals surface area (Å²) in [4.78, 5) is 17.4. The van der Waals surface area contributed by atoms with Crippen molar-refractivity contribution in [2.75, 3.05) is 33.0 Å². The van der Waals surface area contributed by atoms with Crippen LogP contribution in [0.5, 0.6) is 5.75 Å².